The highest BCUT2D eigenvalue weighted by Gasteiger charge is 2.27. The van der Waals surface area contributed by atoms with Crippen molar-refractivity contribution in [2.75, 3.05) is 40.4 Å². The van der Waals surface area contributed by atoms with E-state index in [0.29, 0.717) is 0 Å². The van der Waals surface area contributed by atoms with E-state index in [0.717, 1.165) is 44.1 Å². The van der Waals surface area contributed by atoms with Crippen molar-refractivity contribution in [2.45, 2.75) is 26.3 Å². The van der Waals surface area contributed by atoms with E-state index >= 15 is 0 Å². The Hall–Kier alpha value is -2.04. The molecule has 2 aromatic carbocycles. The summed E-state index contributed by atoms with van der Waals surface area (Å²) in [6.07, 6.45) is 1.15. The van der Waals surface area contributed by atoms with Gasteiger partial charge < -0.3 is 14.8 Å². The molecule has 1 fully saturated rings. The van der Waals surface area contributed by atoms with E-state index in [4.69, 9.17) is 9.47 Å². The highest BCUT2D eigenvalue weighted by molar-refractivity contribution is 5.47. The molecule has 3 rings (SSSR count). The van der Waals surface area contributed by atoms with Crippen molar-refractivity contribution < 1.29 is 9.47 Å². The molecule has 2 aromatic rings. The molecule has 26 heavy (non-hydrogen) atoms. The molecular weight excluding hydrogens is 324 g/mol. The summed E-state index contributed by atoms with van der Waals surface area (Å²) >= 11 is 0. The van der Waals surface area contributed by atoms with Gasteiger partial charge in [0.15, 0.2) is 0 Å². The molecule has 0 amide bonds. The Morgan fingerprint density at radius 1 is 0.923 bits per heavy atom. The fourth-order valence-corrected chi connectivity index (χ4v) is 3.93. The van der Waals surface area contributed by atoms with Crippen LogP contribution in [0.3, 0.4) is 0 Å². The van der Waals surface area contributed by atoms with Gasteiger partial charge in [0, 0.05) is 25.2 Å². The second-order valence-electron chi connectivity index (χ2n) is 7.07. The number of aryl methyl sites for hydroxylation is 2. The van der Waals surface area contributed by atoms with Gasteiger partial charge in [0.1, 0.15) is 11.5 Å². The summed E-state index contributed by atoms with van der Waals surface area (Å²) in [6, 6.07) is 13.1. The van der Waals surface area contributed by atoms with Gasteiger partial charge in [0.05, 0.1) is 20.3 Å². The molecule has 1 saturated heterocycles. The minimum atomic E-state index is 0.151. The highest BCUT2D eigenvalue weighted by atomic mass is 16.5. The van der Waals surface area contributed by atoms with Gasteiger partial charge in [-0.15, -0.1) is 0 Å². The van der Waals surface area contributed by atoms with Gasteiger partial charge >= 0.3 is 0 Å². The van der Waals surface area contributed by atoms with E-state index < -0.39 is 0 Å². The molecule has 1 N–H and O–H groups in total. The van der Waals surface area contributed by atoms with Crippen LogP contribution in [0, 0.1) is 13.8 Å². The maximum atomic E-state index is 5.73. The number of nitrogens with zero attached hydrogens (tertiary/aromatic N) is 1. The Balaban J connectivity index is 2.13. The topological polar surface area (TPSA) is 33.7 Å². The van der Waals surface area contributed by atoms with Crippen LogP contribution in [0.1, 0.15) is 34.7 Å². The van der Waals surface area contributed by atoms with Crippen molar-refractivity contribution in [3.8, 4) is 11.5 Å². The Kier molecular flexibility index (Phi) is 6.17. The second kappa shape index (κ2) is 8.56. The summed E-state index contributed by atoms with van der Waals surface area (Å²) in [6.45, 7) is 8.49. The zero-order valence-corrected chi connectivity index (χ0v) is 16.3. The first-order valence-corrected chi connectivity index (χ1v) is 9.37. The standard InChI is InChI=1S/C22H30N2O2/c1-16-12-17(2)14-18(13-16)22(24-10-5-8-23-9-11-24)20-15-19(25-3)6-7-21(20)26-4/h6-7,12-15,22-23H,5,8-11H2,1-4H3. The molecule has 1 aliphatic rings. The van der Waals surface area contributed by atoms with Crippen LogP contribution >= 0.6 is 0 Å². The van der Waals surface area contributed by atoms with Gasteiger partial charge in [0.2, 0.25) is 0 Å². The lowest BCUT2D eigenvalue weighted by molar-refractivity contribution is 0.235. The van der Waals surface area contributed by atoms with Crippen molar-refractivity contribution in [1.29, 1.82) is 0 Å². The van der Waals surface area contributed by atoms with Crippen LogP contribution in [0.2, 0.25) is 0 Å². The SMILES string of the molecule is COc1ccc(OC)c(C(c2cc(C)cc(C)c2)N2CCCNCC2)c1. The molecule has 0 aliphatic carbocycles. The summed E-state index contributed by atoms with van der Waals surface area (Å²) in [5.41, 5.74) is 5.06. The van der Waals surface area contributed by atoms with Crippen LogP contribution in [0.5, 0.6) is 11.5 Å². The fraction of sp³-hybridized carbons (Fsp3) is 0.455. The molecule has 140 valence electrons. The van der Waals surface area contributed by atoms with Crippen LogP contribution in [0.15, 0.2) is 36.4 Å². The largest absolute Gasteiger partial charge is 0.497 e. The van der Waals surface area contributed by atoms with Crippen molar-refractivity contribution >= 4 is 0 Å². The van der Waals surface area contributed by atoms with E-state index in [1.54, 1.807) is 14.2 Å². The van der Waals surface area contributed by atoms with Gasteiger partial charge in [-0.2, -0.15) is 0 Å². The third kappa shape index (κ3) is 4.19. The lowest BCUT2D eigenvalue weighted by Crippen LogP contribution is -2.33. The average Bonchev–Trinajstić information content (AvgIpc) is 2.90. The van der Waals surface area contributed by atoms with E-state index in [1.165, 1.54) is 22.3 Å². The van der Waals surface area contributed by atoms with Crippen LogP contribution in [0.25, 0.3) is 0 Å². The third-order valence-electron chi connectivity index (χ3n) is 5.03. The smallest absolute Gasteiger partial charge is 0.124 e. The fourth-order valence-electron chi connectivity index (χ4n) is 3.93. The van der Waals surface area contributed by atoms with Gasteiger partial charge in [-0.3, -0.25) is 4.90 Å². The molecule has 0 aromatic heterocycles. The van der Waals surface area contributed by atoms with Gasteiger partial charge in [-0.05, 0) is 50.6 Å². The summed E-state index contributed by atoms with van der Waals surface area (Å²) in [5.74, 6) is 1.77. The van der Waals surface area contributed by atoms with Gasteiger partial charge in [0.25, 0.3) is 0 Å². The quantitative estimate of drug-likeness (QED) is 0.888. The number of ether oxygens (including phenoxy) is 2. The first kappa shape index (κ1) is 18.7. The van der Waals surface area contributed by atoms with Gasteiger partial charge in [-0.25, -0.2) is 0 Å². The summed E-state index contributed by atoms with van der Waals surface area (Å²) in [7, 11) is 3.46. The molecule has 0 radical (unpaired) electrons. The third-order valence-corrected chi connectivity index (χ3v) is 5.03. The number of nitrogens with one attached hydrogen (secondary N) is 1. The van der Waals surface area contributed by atoms with Crippen LogP contribution in [-0.2, 0) is 0 Å². The zero-order chi connectivity index (χ0) is 18.5. The molecule has 1 unspecified atom stereocenters. The monoisotopic (exact) mass is 354 g/mol. The molecule has 0 spiro atoms. The van der Waals surface area contributed by atoms with Crippen molar-refractivity contribution in [3.05, 3.63) is 58.7 Å². The Labute approximate surface area is 157 Å². The number of methoxy groups -OCH3 is 2. The van der Waals surface area contributed by atoms with E-state index in [-0.39, 0.29) is 6.04 Å². The Morgan fingerprint density at radius 3 is 2.38 bits per heavy atom. The molecule has 4 heteroatoms. The predicted molar refractivity (Wildman–Crippen MR) is 106 cm³/mol. The average molecular weight is 354 g/mol. The summed E-state index contributed by atoms with van der Waals surface area (Å²) in [5, 5.41) is 3.51. The first-order chi connectivity index (χ1) is 12.6. The van der Waals surface area contributed by atoms with E-state index in [2.05, 4.69) is 48.3 Å². The minimum absolute atomic E-state index is 0.151. The first-order valence-electron chi connectivity index (χ1n) is 9.37. The maximum Gasteiger partial charge on any atom is 0.124 e. The highest BCUT2D eigenvalue weighted by Crippen LogP contribution is 2.38. The molecular formula is C22H30N2O2. The van der Waals surface area contributed by atoms with E-state index in [1.807, 2.05) is 12.1 Å². The van der Waals surface area contributed by atoms with Crippen molar-refractivity contribution in [3.63, 3.8) is 0 Å². The lowest BCUT2D eigenvalue weighted by Gasteiger charge is -2.33. The predicted octanol–water partition coefficient (Wildman–Crippen LogP) is 3.71. The number of hydrogen-bond donors (Lipinski definition) is 1. The normalized spacial score (nSPS) is 16.8. The van der Waals surface area contributed by atoms with Crippen molar-refractivity contribution in [2.24, 2.45) is 0 Å². The molecule has 1 aliphatic heterocycles. The molecule has 0 saturated carbocycles. The lowest BCUT2D eigenvalue weighted by atomic mass is 9.93. The number of benzene rings is 2. The Bertz CT molecular complexity index is 717. The summed E-state index contributed by atoms with van der Waals surface area (Å²) in [4.78, 5) is 2.56. The molecule has 1 atom stereocenters. The molecule has 4 nitrogen and oxygen atoms in total. The Morgan fingerprint density at radius 2 is 1.69 bits per heavy atom. The summed E-state index contributed by atoms with van der Waals surface area (Å²) < 4.78 is 11.2. The minimum Gasteiger partial charge on any atom is -0.497 e. The maximum absolute atomic E-state index is 5.73. The van der Waals surface area contributed by atoms with E-state index in [9.17, 15) is 0 Å². The molecule has 1 heterocycles. The van der Waals surface area contributed by atoms with Gasteiger partial charge in [-0.1, -0.05) is 29.3 Å². The number of rotatable bonds is 5. The number of hydrogen-bond acceptors (Lipinski definition) is 4. The van der Waals surface area contributed by atoms with Crippen LogP contribution < -0.4 is 14.8 Å². The molecule has 0 bridgehead atoms. The van der Waals surface area contributed by atoms with Crippen LogP contribution in [-0.4, -0.2) is 45.3 Å². The second-order valence-corrected chi connectivity index (χ2v) is 7.07. The zero-order valence-electron chi connectivity index (χ0n) is 16.3. The van der Waals surface area contributed by atoms with Crippen molar-refractivity contribution in [1.82, 2.24) is 10.2 Å². The van der Waals surface area contributed by atoms with Crippen LogP contribution in [0.4, 0.5) is 0 Å².